The van der Waals surface area contributed by atoms with Gasteiger partial charge in [-0.25, -0.2) is 8.42 Å². The van der Waals surface area contributed by atoms with E-state index < -0.39 is 15.1 Å². The number of aryl methyl sites for hydroxylation is 1. The standard InChI is InChI=1S/C22H18N2O2S/c1-24-19-12-6-5-10-16(19)17-14-23-18-11-7-13-20(21(18)22(17)24)27(25,26)15-8-3-2-4-9-15/h2-12,14,20H,13H2,1H3. The predicted octanol–water partition coefficient (Wildman–Crippen LogP) is 4.66. The molecule has 0 aliphatic heterocycles. The maximum absolute atomic E-state index is 13.4. The molecule has 0 saturated carbocycles. The van der Waals surface area contributed by atoms with Crippen molar-refractivity contribution in [3.63, 3.8) is 0 Å². The second kappa shape index (κ2) is 5.79. The molecular weight excluding hydrogens is 356 g/mol. The Labute approximate surface area is 157 Å². The smallest absolute Gasteiger partial charge is 0.185 e. The molecule has 2 aromatic heterocycles. The zero-order valence-corrected chi connectivity index (χ0v) is 15.6. The molecule has 0 bridgehead atoms. The molecule has 2 aromatic carbocycles. The van der Waals surface area contributed by atoms with Crippen LogP contribution in [0.15, 0.2) is 71.8 Å². The number of hydrogen-bond donors (Lipinski definition) is 0. The van der Waals surface area contributed by atoms with Crippen molar-refractivity contribution in [2.24, 2.45) is 7.05 Å². The van der Waals surface area contributed by atoms with Crippen LogP contribution in [0, 0.1) is 0 Å². The minimum Gasteiger partial charge on any atom is -0.343 e. The Morgan fingerprint density at radius 1 is 1.00 bits per heavy atom. The van der Waals surface area contributed by atoms with Gasteiger partial charge in [0.1, 0.15) is 0 Å². The van der Waals surface area contributed by atoms with Crippen LogP contribution in [0.2, 0.25) is 0 Å². The minimum atomic E-state index is -3.53. The summed E-state index contributed by atoms with van der Waals surface area (Å²) in [6, 6.07) is 16.8. The second-order valence-electron chi connectivity index (χ2n) is 6.88. The quantitative estimate of drug-likeness (QED) is 0.513. The van der Waals surface area contributed by atoms with Gasteiger partial charge in [-0.05, 0) is 30.7 Å². The number of benzene rings is 2. The summed E-state index contributed by atoms with van der Waals surface area (Å²) in [5.41, 5.74) is 3.57. The third-order valence-electron chi connectivity index (χ3n) is 5.40. The normalized spacial score (nSPS) is 16.7. The van der Waals surface area contributed by atoms with Gasteiger partial charge in [-0.1, -0.05) is 42.5 Å². The maximum atomic E-state index is 13.4. The van der Waals surface area contributed by atoms with Crippen LogP contribution < -0.4 is 0 Å². The van der Waals surface area contributed by atoms with Crippen molar-refractivity contribution in [2.45, 2.75) is 16.6 Å². The highest BCUT2D eigenvalue weighted by molar-refractivity contribution is 7.91. The molecule has 0 N–H and O–H groups in total. The van der Waals surface area contributed by atoms with Gasteiger partial charge in [-0.3, -0.25) is 4.98 Å². The first-order valence-electron chi connectivity index (χ1n) is 8.90. The monoisotopic (exact) mass is 374 g/mol. The average Bonchev–Trinajstić information content (AvgIpc) is 3.01. The van der Waals surface area contributed by atoms with E-state index in [1.165, 1.54) is 0 Å². The molecule has 5 heteroatoms. The topological polar surface area (TPSA) is 52.0 Å². The van der Waals surface area contributed by atoms with Crippen molar-refractivity contribution in [3.05, 3.63) is 78.1 Å². The molecule has 2 heterocycles. The van der Waals surface area contributed by atoms with E-state index >= 15 is 0 Å². The van der Waals surface area contributed by atoms with Gasteiger partial charge in [-0.2, -0.15) is 0 Å². The summed E-state index contributed by atoms with van der Waals surface area (Å²) >= 11 is 0. The molecule has 0 saturated heterocycles. The Bertz CT molecular complexity index is 1320. The zero-order valence-electron chi connectivity index (χ0n) is 14.8. The van der Waals surface area contributed by atoms with Gasteiger partial charge in [0, 0.05) is 35.1 Å². The van der Waals surface area contributed by atoms with Crippen molar-refractivity contribution >= 4 is 37.7 Å². The SMILES string of the molecule is Cn1c2ccccc2c2cnc3c(c21)C(S(=O)(=O)c1ccccc1)CC=C3. The number of rotatable bonds is 2. The molecule has 0 spiro atoms. The lowest BCUT2D eigenvalue weighted by Gasteiger charge is -2.23. The van der Waals surface area contributed by atoms with E-state index in [0.29, 0.717) is 11.3 Å². The number of pyridine rings is 1. The van der Waals surface area contributed by atoms with Gasteiger partial charge in [0.2, 0.25) is 0 Å². The highest BCUT2D eigenvalue weighted by Gasteiger charge is 2.34. The van der Waals surface area contributed by atoms with Gasteiger partial charge in [0.15, 0.2) is 9.84 Å². The van der Waals surface area contributed by atoms with Crippen molar-refractivity contribution in [1.82, 2.24) is 9.55 Å². The molecule has 1 unspecified atom stereocenters. The van der Waals surface area contributed by atoms with Crippen LogP contribution in [0.1, 0.15) is 22.9 Å². The van der Waals surface area contributed by atoms with Crippen LogP contribution in [0.3, 0.4) is 0 Å². The Morgan fingerprint density at radius 2 is 1.74 bits per heavy atom. The third-order valence-corrected chi connectivity index (χ3v) is 7.51. The molecule has 1 aliphatic rings. The average molecular weight is 374 g/mol. The van der Waals surface area contributed by atoms with E-state index in [2.05, 4.69) is 21.7 Å². The molecule has 5 rings (SSSR count). The van der Waals surface area contributed by atoms with Gasteiger partial charge < -0.3 is 4.57 Å². The Morgan fingerprint density at radius 3 is 2.56 bits per heavy atom. The van der Waals surface area contributed by atoms with Gasteiger partial charge >= 0.3 is 0 Å². The summed E-state index contributed by atoms with van der Waals surface area (Å²) in [5, 5.41) is 1.45. The summed E-state index contributed by atoms with van der Waals surface area (Å²) in [6.07, 6.45) is 6.16. The van der Waals surface area contributed by atoms with Crippen LogP contribution in [-0.4, -0.2) is 18.0 Å². The fraction of sp³-hybridized carbons (Fsp3) is 0.136. The Kier molecular flexibility index (Phi) is 3.49. The van der Waals surface area contributed by atoms with E-state index in [9.17, 15) is 8.42 Å². The summed E-state index contributed by atoms with van der Waals surface area (Å²) in [5.74, 6) is 0. The summed E-state index contributed by atoms with van der Waals surface area (Å²) < 4.78 is 29.0. The molecule has 134 valence electrons. The van der Waals surface area contributed by atoms with E-state index in [1.807, 2.05) is 43.6 Å². The number of para-hydroxylation sites is 1. The lowest BCUT2D eigenvalue weighted by atomic mass is 9.99. The first kappa shape index (κ1) is 16.3. The fourth-order valence-electron chi connectivity index (χ4n) is 4.13. The van der Waals surface area contributed by atoms with E-state index in [1.54, 1.807) is 24.3 Å². The minimum absolute atomic E-state index is 0.354. The number of sulfone groups is 1. The van der Waals surface area contributed by atoms with Crippen molar-refractivity contribution in [2.75, 3.05) is 0 Å². The highest BCUT2D eigenvalue weighted by atomic mass is 32.2. The van der Waals surface area contributed by atoms with Crippen molar-refractivity contribution in [3.8, 4) is 0 Å². The Hall–Kier alpha value is -2.92. The molecule has 0 amide bonds. The molecule has 27 heavy (non-hydrogen) atoms. The zero-order chi connectivity index (χ0) is 18.6. The number of fused-ring (bicyclic) bond motifs is 5. The van der Waals surface area contributed by atoms with Gasteiger partial charge in [0.25, 0.3) is 0 Å². The summed E-state index contributed by atoms with van der Waals surface area (Å²) in [6.45, 7) is 0. The van der Waals surface area contributed by atoms with Crippen LogP contribution in [0.25, 0.3) is 27.9 Å². The maximum Gasteiger partial charge on any atom is 0.185 e. The molecule has 1 aliphatic carbocycles. The van der Waals surface area contributed by atoms with Gasteiger partial charge in [0.05, 0.1) is 21.4 Å². The molecule has 4 aromatic rings. The lowest BCUT2D eigenvalue weighted by molar-refractivity contribution is 0.581. The molecule has 4 nitrogen and oxygen atoms in total. The molecule has 1 atom stereocenters. The fourth-order valence-corrected chi connectivity index (χ4v) is 5.90. The summed E-state index contributed by atoms with van der Waals surface area (Å²) in [4.78, 5) is 4.96. The highest BCUT2D eigenvalue weighted by Crippen LogP contribution is 2.42. The van der Waals surface area contributed by atoms with E-state index in [-0.39, 0.29) is 0 Å². The Balaban J connectivity index is 1.86. The number of hydrogen-bond acceptors (Lipinski definition) is 3. The van der Waals surface area contributed by atoms with Gasteiger partial charge in [-0.15, -0.1) is 0 Å². The number of nitrogens with zero attached hydrogens (tertiary/aromatic N) is 2. The van der Waals surface area contributed by atoms with E-state index in [0.717, 1.165) is 33.1 Å². The first-order valence-corrected chi connectivity index (χ1v) is 10.4. The van der Waals surface area contributed by atoms with Crippen molar-refractivity contribution < 1.29 is 8.42 Å². The molecular formula is C22H18N2O2S. The predicted molar refractivity (Wildman–Crippen MR) is 108 cm³/mol. The van der Waals surface area contributed by atoms with Crippen LogP contribution in [0.5, 0.6) is 0 Å². The second-order valence-corrected chi connectivity index (χ2v) is 9.01. The van der Waals surface area contributed by atoms with Crippen molar-refractivity contribution in [1.29, 1.82) is 0 Å². The molecule has 0 fully saturated rings. The lowest BCUT2D eigenvalue weighted by Crippen LogP contribution is -2.18. The van der Waals surface area contributed by atoms with Crippen LogP contribution in [-0.2, 0) is 16.9 Å². The largest absolute Gasteiger partial charge is 0.343 e. The van der Waals surface area contributed by atoms with Crippen LogP contribution >= 0.6 is 0 Å². The summed E-state index contributed by atoms with van der Waals surface area (Å²) in [7, 11) is -1.53. The number of aromatic nitrogens is 2. The third kappa shape index (κ3) is 2.28. The first-order chi connectivity index (χ1) is 13.1. The van der Waals surface area contributed by atoms with Crippen LogP contribution in [0.4, 0.5) is 0 Å². The molecule has 0 radical (unpaired) electrons. The van der Waals surface area contributed by atoms with E-state index in [4.69, 9.17) is 0 Å². The number of allylic oxidation sites excluding steroid dienone is 1.